The fraction of sp³-hybridized carbons (Fsp3) is 0.154. The molecule has 24 heavy (non-hydrogen) atoms. The molecule has 0 rings (SSSR count). The molecule has 0 amide bonds. The Labute approximate surface area is 149 Å². The minimum Gasteiger partial charge on any atom is -0.463 e. The first kappa shape index (κ1) is 38.3. The van der Waals surface area contributed by atoms with Crippen molar-refractivity contribution in [3.8, 4) is 0 Å². The van der Waals surface area contributed by atoms with Crippen LogP contribution in [-0.2, 0) is 40.6 Å². The topological polar surface area (TPSA) is 86.0 Å². The van der Waals surface area contributed by atoms with Gasteiger partial charge in [-0.2, -0.15) is 0 Å². The maximum Gasteiger partial charge on any atom is 0.330 e. The summed E-state index contributed by atoms with van der Waals surface area (Å²) in [5.74, 6) is -0.319. The van der Waals surface area contributed by atoms with Crippen molar-refractivity contribution in [3.63, 3.8) is 0 Å². The molecule has 5 radical (unpaired) electrons. The van der Waals surface area contributed by atoms with Gasteiger partial charge >= 0.3 is 47.1 Å². The van der Waals surface area contributed by atoms with Crippen LogP contribution in [0.5, 0.6) is 0 Å². The third-order valence-corrected chi connectivity index (χ3v) is 0.988. The van der Waals surface area contributed by atoms with Crippen LogP contribution >= 0.6 is 0 Å². The molecule has 135 valence electrons. The van der Waals surface area contributed by atoms with Crippen molar-refractivity contribution in [1.29, 1.82) is 0 Å². The molecule has 0 atom stereocenters. The van der Waals surface area contributed by atoms with Crippen molar-refractivity contribution >= 4 is 13.2 Å². The van der Waals surface area contributed by atoms with Crippen LogP contribution in [0.2, 0.25) is 0 Å². The van der Waals surface area contributed by atoms with Crippen LogP contribution < -0.4 is 0 Å². The molecule has 0 aliphatic heterocycles. The summed E-state index contributed by atoms with van der Waals surface area (Å²) in [4.78, 5) is 10.7. The van der Waals surface area contributed by atoms with Crippen molar-refractivity contribution in [2.75, 3.05) is 6.61 Å². The van der Waals surface area contributed by atoms with Gasteiger partial charge in [-0.3, -0.25) is 0 Å². The Bertz CT molecular complexity index is 310. The van der Waals surface area contributed by atoms with E-state index in [1.807, 2.05) is 0 Å². The van der Waals surface area contributed by atoms with Gasteiger partial charge in [0, 0.05) is 23.1 Å². The molecule has 0 saturated heterocycles. The third kappa shape index (κ3) is 106. The van der Waals surface area contributed by atoms with E-state index in [-0.39, 0.29) is 23.0 Å². The van der Waals surface area contributed by atoms with Crippen molar-refractivity contribution in [1.82, 2.24) is 0 Å². The zero-order valence-electron chi connectivity index (χ0n) is 12.4. The number of hydrogen-bond acceptors (Lipinski definition) is 2. The average Bonchev–Trinajstić information content (AvgIpc) is 2.52. The summed E-state index contributed by atoms with van der Waals surface area (Å²) in [5.41, 5.74) is 0. The monoisotopic (exact) mass is 392 g/mol. The van der Waals surface area contributed by atoms with Gasteiger partial charge in [-0.15, -0.1) is 0 Å². The summed E-state index contributed by atoms with van der Waals surface area (Å²) in [5, 5.41) is 0. The Kier molecular flexibility index (Phi) is 60.3. The predicted octanol–water partition coefficient (Wildman–Crippen LogP) is 2.94. The molecule has 0 spiro atoms. The molecule has 0 aromatic heterocycles. The van der Waals surface area contributed by atoms with E-state index in [0.717, 1.165) is 0 Å². The van der Waals surface area contributed by atoms with Crippen molar-refractivity contribution in [3.05, 3.63) is 64.7 Å². The maximum atomic E-state index is 10.7. The normalized spacial score (nSPS) is 8.00. The predicted molar refractivity (Wildman–Crippen MR) is 70.3 cm³/mol. The summed E-state index contributed by atoms with van der Waals surface area (Å²) < 4.78 is 66.2. The van der Waals surface area contributed by atoms with Crippen LogP contribution in [0.15, 0.2) is 12.2 Å². The smallest absolute Gasteiger partial charge is 0.330 e. The fourth-order valence-electron chi connectivity index (χ4n) is 0.531. The van der Waals surface area contributed by atoms with E-state index in [1.54, 1.807) is 38.7 Å². The van der Waals surface area contributed by atoms with Crippen LogP contribution in [-0.4, -0.2) is 19.8 Å². The number of unbranched alkanes of at least 4 members (excludes halogenated alkanes) is 3. The second kappa shape index (κ2) is 37.7. The molecule has 0 bridgehead atoms. The molecule has 0 aromatic carbocycles. The van der Waals surface area contributed by atoms with Gasteiger partial charge in [-0.1, -0.05) is 6.08 Å². The van der Waals surface area contributed by atoms with Gasteiger partial charge in [0.25, 0.3) is 0 Å². The van der Waals surface area contributed by atoms with Crippen LogP contribution in [0.3, 0.4) is 0 Å². The first-order valence-electron chi connectivity index (χ1n) is 5.25. The van der Waals surface area contributed by atoms with Crippen LogP contribution in [0.1, 0.15) is 6.92 Å². The van der Waals surface area contributed by atoms with E-state index in [9.17, 15) is 22.1 Å². The molecule has 0 heterocycles. The standard InChI is InChI=1S/C10H13O2.3CO.BF4.Fe/c1-3-5-6-7-8-9-10(11)12-4-2;3*1-2;2-1(3,4)5;/h3,5-9H,1,4H2,2H3;;;;;/q;;;;-1;/b9-8+;;;;;. The first-order chi connectivity index (χ1) is 10.8. The number of allylic oxidation sites excluding steroid dienone is 1. The summed E-state index contributed by atoms with van der Waals surface area (Å²) >= 11 is 0. The fourth-order valence-corrected chi connectivity index (χ4v) is 0.531. The molecule has 0 aromatic rings. The largest absolute Gasteiger partial charge is 0.463 e. The Morgan fingerprint density at radius 2 is 1.42 bits per heavy atom. The van der Waals surface area contributed by atoms with Gasteiger partial charge in [0.1, 0.15) is 0 Å². The zero-order chi connectivity index (χ0) is 19.7. The number of esters is 1. The summed E-state index contributed by atoms with van der Waals surface area (Å²) in [6.07, 6.45) is 9.94. The zero-order valence-corrected chi connectivity index (χ0v) is 13.5. The Morgan fingerprint density at radius 3 is 1.71 bits per heavy atom. The molecule has 0 saturated carbocycles. The molecule has 0 unspecified atom stereocenters. The van der Waals surface area contributed by atoms with Gasteiger partial charge in [0.15, 0.2) is 0 Å². The second-order valence-electron chi connectivity index (χ2n) is 2.42. The van der Waals surface area contributed by atoms with Crippen molar-refractivity contribution in [2.45, 2.75) is 6.92 Å². The summed E-state index contributed by atoms with van der Waals surface area (Å²) in [7, 11) is -6.00. The average molecular weight is 392 g/mol. The molecule has 0 aliphatic carbocycles. The van der Waals surface area contributed by atoms with E-state index in [0.29, 0.717) is 6.61 Å². The SMILES string of the molecule is F[B-](F)(F)F.[C-]#[O+].[C-]#[O+].[C-]#[O+].[CH2][CH][CH][CH][CH]/C=C/C(=O)OCC.[Fe]. The Hall–Kier alpha value is -1.27. The van der Waals surface area contributed by atoms with Gasteiger partial charge in [-0.25, -0.2) is 4.79 Å². The van der Waals surface area contributed by atoms with Crippen LogP contribution in [0.25, 0.3) is 0 Å². The minimum atomic E-state index is -6.00. The number of carbonyl (C=O) groups excluding carboxylic acids is 1. The molecular weight excluding hydrogens is 379 g/mol. The number of halogens is 4. The van der Waals surface area contributed by atoms with Gasteiger partial charge < -0.3 is 22.0 Å². The van der Waals surface area contributed by atoms with Crippen molar-refractivity contribution < 1.29 is 57.8 Å². The summed E-state index contributed by atoms with van der Waals surface area (Å²) in [6.45, 7) is 19.2. The van der Waals surface area contributed by atoms with E-state index in [1.165, 1.54) is 6.08 Å². The van der Waals surface area contributed by atoms with Crippen LogP contribution in [0, 0.1) is 52.6 Å². The molecule has 5 nitrogen and oxygen atoms in total. The minimum absolute atomic E-state index is 0. The van der Waals surface area contributed by atoms with Gasteiger partial charge in [0.2, 0.25) is 0 Å². The molecule has 11 heteroatoms. The number of carbonyl (C=O) groups is 1. The van der Waals surface area contributed by atoms with Crippen molar-refractivity contribution in [2.24, 2.45) is 0 Å². The number of ether oxygens (including phenoxy) is 1. The van der Waals surface area contributed by atoms with Crippen LogP contribution in [0.4, 0.5) is 17.3 Å². The van der Waals surface area contributed by atoms with E-state index in [2.05, 4.69) is 31.6 Å². The Morgan fingerprint density at radius 1 is 1.04 bits per heavy atom. The van der Waals surface area contributed by atoms with E-state index < -0.39 is 7.25 Å². The van der Waals surface area contributed by atoms with E-state index in [4.69, 9.17) is 14.0 Å². The maximum absolute atomic E-state index is 10.7. The van der Waals surface area contributed by atoms with E-state index >= 15 is 0 Å². The van der Waals surface area contributed by atoms with Gasteiger partial charge in [0.05, 0.1) is 6.61 Å². The quantitative estimate of drug-likeness (QED) is 0.132. The molecule has 0 fully saturated rings. The number of hydrogen-bond donors (Lipinski definition) is 0. The Balaban J connectivity index is -0.0000000569. The van der Waals surface area contributed by atoms with Gasteiger partial charge in [-0.05, 0) is 39.5 Å². The second-order valence-corrected chi connectivity index (χ2v) is 2.42. The third-order valence-electron chi connectivity index (χ3n) is 0.988. The molecular formula is C13H13BF4FeO5-. The molecule has 0 N–H and O–H groups in total. The number of rotatable bonds is 6. The summed E-state index contributed by atoms with van der Waals surface area (Å²) in [6, 6.07) is 0. The molecule has 0 aliphatic rings. The first-order valence-corrected chi connectivity index (χ1v) is 5.25.